The molecule has 0 saturated heterocycles. The molecule has 2 aromatic carbocycles. The summed E-state index contributed by atoms with van der Waals surface area (Å²) in [4.78, 5) is 14.1. The fourth-order valence-electron chi connectivity index (χ4n) is 3.48. The van der Waals surface area contributed by atoms with Crippen LogP contribution in [0.4, 0.5) is 5.69 Å². The third-order valence-corrected chi connectivity index (χ3v) is 5.20. The van der Waals surface area contributed by atoms with Crippen molar-refractivity contribution in [2.45, 2.75) is 19.9 Å². The Balaban J connectivity index is 1.85. The lowest BCUT2D eigenvalue weighted by molar-refractivity contribution is 0.289. The van der Waals surface area contributed by atoms with Gasteiger partial charge in [0, 0.05) is 35.3 Å². The number of ether oxygens (including phenoxy) is 3. The van der Waals surface area contributed by atoms with Crippen LogP contribution < -0.4 is 24.7 Å². The zero-order valence-electron chi connectivity index (χ0n) is 15.9. The highest BCUT2D eigenvalue weighted by atomic mass is 35.5. The zero-order chi connectivity index (χ0) is 19.8. The van der Waals surface area contributed by atoms with Crippen molar-refractivity contribution in [1.29, 1.82) is 0 Å². The SMILES string of the molecule is CCc1cc(=O)oc2c3c(c(Cl)cc12)OCN(c1cc(OC)cc(OC)c1)C3. The summed E-state index contributed by atoms with van der Waals surface area (Å²) in [6, 6.07) is 8.93. The normalized spacial score (nSPS) is 13.2. The lowest BCUT2D eigenvalue weighted by atomic mass is 10.0. The van der Waals surface area contributed by atoms with Gasteiger partial charge in [-0.25, -0.2) is 4.79 Å². The number of rotatable bonds is 4. The quantitative estimate of drug-likeness (QED) is 0.604. The Morgan fingerprint density at radius 2 is 1.82 bits per heavy atom. The minimum atomic E-state index is -0.381. The van der Waals surface area contributed by atoms with Gasteiger partial charge in [-0.1, -0.05) is 18.5 Å². The first-order valence-corrected chi connectivity index (χ1v) is 9.30. The fraction of sp³-hybridized carbons (Fsp3) is 0.286. The minimum Gasteiger partial charge on any atom is -0.497 e. The van der Waals surface area contributed by atoms with E-state index in [1.165, 1.54) is 6.07 Å². The van der Waals surface area contributed by atoms with E-state index in [4.69, 9.17) is 30.2 Å². The van der Waals surface area contributed by atoms with Gasteiger partial charge in [-0.05, 0) is 18.1 Å². The molecule has 146 valence electrons. The predicted octanol–water partition coefficient (Wildman–Crippen LogP) is 4.38. The van der Waals surface area contributed by atoms with E-state index in [-0.39, 0.29) is 5.63 Å². The third kappa shape index (κ3) is 3.14. The summed E-state index contributed by atoms with van der Waals surface area (Å²) in [6.45, 7) is 2.76. The molecule has 0 radical (unpaired) electrons. The summed E-state index contributed by atoms with van der Waals surface area (Å²) in [6.07, 6.45) is 0.703. The molecule has 4 rings (SSSR count). The molecule has 0 atom stereocenters. The van der Waals surface area contributed by atoms with E-state index in [0.29, 0.717) is 47.6 Å². The van der Waals surface area contributed by atoms with E-state index < -0.39 is 0 Å². The Hall–Kier alpha value is -2.86. The van der Waals surface area contributed by atoms with Gasteiger partial charge in [-0.3, -0.25) is 0 Å². The molecule has 1 aliphatic rings. The highest BCUT2D eigenvalue weighted by Gasteiger charge is 2.26. The van der Waals surface area contributed by atoms with Crippen LogP contribution in [-0.4, -0.2) is 21.0 Å². The topological polar surface area (TPSA) is 61.1 Å². The van der Waals surface area contributed by atoms with Crippen LogP contribution in [0, 0.1) is 0 Å². The van der Waals surface area contributed by atoms with Crippen LogP contribution >= 0.6 is 11.6 Å². The molecular formula is C21H20ClNO5. The van der Waals surface area contributed by atoms with Crippen LogP contribution in [0.2, 0.25) is 5.02 Å². The summed E-state index contributed by atoms with van der Waals surface area (Å²) in [5, 5.41) is 1.34. The van der Waals surface area contributed by atoms with Gasteiger partial charge in [0.15, 0.2) is 6.73 Å². The lowest BCUT2D eigenvalue weighted by Crippen LogP contribution is -2.32. The highest BCUT2D eigenvalue weighted by Crippen LogP contribution is 2.41. The van der Waals surface area contributed by atoms with Gasteiger partial charge in [-0.15, -0.1) is 0 Å². The number of methoxy groups -OCH3 is 2. The number of hydrogen-bond donors (Lipinski definition) is 0. The molecule has 1 aliphatic heterocycles. The molecule has 28 heavy (non-hydrogen) atoms. The Kier molecular flexibility index (Phi) is 4.81. The maximum absolute atomic E-state index is 12.1. The van der Waals surface area contributed by atoms with Crippen molar-refractivity contribution < 1.29 is 18.6 Å². The third-order valence-electron chi connectivity index (χ3n) is 4.92. The number of halogens is 1. The van der Waals surface area contributed by atoms with Crippen molar-refractivity contribution in [1.82, 2.24) is 0 Å². The van der Waals surface area contributed by atoms with Crippen molar-refractivity contribution >= 4 is 28.3 Å². The fourth-order valence-corrected chi connectivity index (χ4v) is 3.76. The zero-order valence-corrected chi connectivity index (χ0v) is 16.6. The van der Waals surface area contributed by atoms with Crippen LogP contribution in [-0.2, 0) is 13.0 Å². The molecule has 0 saturated carbocycles. The largest absolute Gasteiger partial charge is 0.497 e. The van der Waals surface area contributed by atoms with E-state index in [1.54, 1.807) is 20.3 Å². The predicted molar refractivity (Wildman–Crippen MR) is 108 cm³/mol. The van der Waals surface area contributed by atoms with Crippen LogP contribution in [0.1, 0.15) is 18.1 Å². The summed E-state index contributed by atoms with van der Waals surface area (Å²) < 4.78 is 22.2. The number of benzene rings is 2. The summed E-state index contributed by atoms with van der Waals surface area (Å²) in [5.74, 6) is 1.91. The first-order chi connectivity index (χ1) is 13.5. The van der Waals surface area contributed by atoms with Crippen LogP contribution in [0.3, 0.4) is 0 Å². The summed E-state index contributed by atoms with van der Waals surface area (Å²) >= 11 is 6.48. The molecule has 0 unspecified atom stereocenters. The second-order valence-electron chi connectivity index (χ2n) is 6.53. The van der Waals surface area contributed by atoms with Crippen molar-refractivity contribution in [2.24, 2.45) is 0 Å². The van der Waals surface area contributed by atoms with Crippen molar-refractivity contribution in [3.63, 3.8) is 0 Å². The average molecular weight is 402 g/mol. The van der Waals surface area contributed by atoms with Crippen LogP contribution in [0.25, 0.3) is 11.0 Å². The van der Waals surface area contributed by atoms with Gasteiger partial charge in [0.25, 0.3) is 0 Å². The maximum Gasteiger partial charge on any atom is 0.336 e. The monoisotopic (exact) mass is 401 g/mol. The van der Waals surface area contributed by atoms with Crippen LogP contribution in [0.5, 0.6) is 17.2 Å². The van der Waals surface area contributed by atoms with Gasteiger partial charge in [0.1, 0.15) is 22.8 Å². The Morgan fingerprint density at radius 3 is 2.46 bits per heavy atom. The molecule has 7 heteroatoms. The van der Waals surface area contributed by atoms with Gasteiger partial charge in [0.2, 0.25) is 0 Å². The summed E-state index contributed by atoms with van der Waals surface area (Å²) in [7, 11) is 3.21. The first kappa shape index (κ1) is 18.5. The van der Waals surface area contributed by atoms with Crippen LogP contribution in [0.15, 0.2) is 39.5 Å². The molecular weight excluding hydrogens is 382 g/mol. The Labute approximate surface area is 167 Å². The molecule has 2 heterocycles. The smallest absolute Gasteiger partial charge is 0.336 e. The van der Waals surface area contributed by atoms with Crippen molar-refractivity contribution in [2.75, 3.05) is 25.9 Å². The molecule has 1 aromatic heterocycles. The lowest BCUT2D eigenvalue weighted by Gasteiger charge is -2.32. The minimum absolute atomic E-state index is 0.298. The molecule has 0 spiro atoms. The number of hydrogen-bond acceptors (Lipinski definition) is 6. The molecule has 0 bridgehead atoms. The van der Waals surface area contributed by atoms with E-state index in [0.717, 1.165) is 22.2 Å². The van der Waals surface area contributed by atoms with E-state index in [1.807, 2.05) is 30.0 Å². The Morgan fingerprint density at radius 1 is 1.11 bits per heavy atom. The van der Waals surface area contributed by atoms with Gasteiger partial charge < -0.3 is 23.5 Å². The molecule has 0 amide bonds. The molecule has 0 N–H and O–H groups in total. The van der Waals surface area contributed by atoms with Crippen molar-refractivity contribution in [3.8, 4) is 17.2 Å². The number of nitrogens with zero attached hydrogens (tertiary/aromatic N) is 1. The second kappa shape index (κ2) is 7.28. The standard InChI is InChI=1S/C21H20ClNO5/c1-4-12-5-19(24)28-20-16(12)9-18(22)21-17(20)10-23(11-27-21)13-6-14(25-2)8-15(7-13)26-3/h5-9H,4,10-11H2,1-3H3. The Bertz CT molecular complexity index is 1090. The van der Waals surface area contributed by atoms with E-state index >= 15 is 0 Å². The average Bonchev–Trinajstić information content (AvgIpc) is 2.73. The molecule has 3 aromatic rings. The molecule has 0 fully saturated rings. The van der Waals surface area contributed by atoms with E-state index in [9.17, 15) is 4.79 Å². The van der Waals surface area contributed by atoms with Gasteiger partial charge >= 0.3 is 5.63 Å². The molecule has 0 aliphatic carbocycles. The highest BCUT2D eigenvalue weighted by molar-refractivity contribution is 6.33. The second-order valence-corrected chi connectivity index (χ2v) is 6.94. The molecule has 6 nitrogen and oxygen atoms in total. The maximum atomic E-state index is 12.1. The van der Waals surface area contributed by atoms with Crippen molar-refractivity contribution in [3.05, 3.63) is 56.9 Å². The number of fused-ring (bicyclic) bond motifs is 3. The number of anilines is 1. The summed E-state index contributed by atoms with van der Waals surface area (Å²) in [5.41, 5.74) is 2.65. The number of aryl methyl sites for hydroxylation is 1. The van der Waals surface area contributed by atoms with Gasteiger partial charge in [0.05, 0.1) is 31.4 Å². The van der Waals surface area contributed by atoms with E-state index in [2.05, 4.69) is 0 Å². The first-order valence-electron chi connectivity index (χ1n) is 8.93. The van der Waals surface area contributed by atoms with Gasteiger partial charge in [-0.2, -0.15) is 0 Å².